The molecule has 1 aliphatic heterocycles. The molecule has 2 heterocycles. The summed E-state index contributed by atoms with van der Waals surface area (Å²) in [5.74, 6) is 0.492. The Kier molecular flexibility index (Phi) is 5.45. The van der Waals surface area contributed by atoms with Gasteiger partial charge in [0.05, 0.1) is 6.54 Å². The van der Waals surface area contributed by atoms with E-state index < -0.39 is 0 Å². The minimum absolute atomic E-state index is 0.122. The Labute approximate surface area is 145 Å². The first-order valence-corrected chi connectivity index (χ1v) is 8.29. The molecule has 1 atom stereocenters. The third kappa shape index (κ3) is 4.67. The monoisotopic (exact) mass is 343 g/mol. The predicted octanol–water partition coefficient (Wildman–Crippen LogP) is 2.13. The number of aryl methyl sites for hydroxylation is 1. The molecule has 25 heavy (non-hydrogen) atoms. The Morgan fingerprint density at radius 2 is 2.16 bits per heavy atom. The van der Waals surface area contributed by atoms with Crippen LogP contribution in [0.1, 0.15) is 24.2 Å². The second-order valence-electron chi connectivity index (χ2n) is 6.09. The zero-order chi connectivity index (χ0) is 17.6. The van der Waals surface area contributed by atoms with Gasteiger partial charge < -0.3 is 14.6 Å². The average Bonchev–Trinajstić information content (AvgIpc) is 3.22. The number of likely N-dealkylation sites (tertiary alicyclic amines) is 1. The molecule has 1 fully saturated rings. The fraction of sp³-hybridized carbons (Fsp3) is 0.389. The minimum atomic E-state index is -0.381. The number of hydrogen-bond donors (Lipinski definition) is 1. The van der Waals surface area contributed by atoms with Crippen LogP contribution in [0, 0.1) is 6.92 Å². The summed E-state index contributed by atoms with van der Waals surface area (Å²) < 4.78 is 10.3. The highest BCUT2D eigenvalue weighted by Crippen LogP contribution is 2.19. The summed E-state index contributed by atoms with van der Waals surface area (Å²) in [5.41, 5.74) is 0.944. The average molecular weight is 343 g/mol. The number of rotatable bonds is 6. The van der Waals surface area contributed by atoms with Crippen molar-refractivity contribution in [2.45, 2.75) is 32.4 Å². The van der Waals surface area contributed by atoms with Crippen molar-refractivity contribution in [3.8, 4) is 0 Å². The van der Waals surface area contributed by atoms with Crippen LogP contribution < -0.4 is 5.32 Å². The largest absolute Gasteiger partial charge is 0.460 e. The van der Waals surface area contributed by atoms with Crippen molar-refractivity contribution in [2.75, 3.05) is 18.4 Å². The van der Waals surface area contributed by atoms with Crippen LogP contribution in [0.3, 0.4) is 0 Å². The lowest BCUT2D eigenvalue weighted by molar-refractivity contribution is -0.150. The highest BCUT2D eigenvalue weighted by Gasteiger charge is 2.33. The van der Waals surface area contributed by atoms with Gasteiger partial charge in [0, 0.05) is 6.07 Å². The minimum Gasteiger partial charge on any atom is -0.460 e. The lowest BCUT2D eigenvalue weighted by Gasteiger charge is -2.22. The van der Waals surface area contributed by atoms with Crippen LogP contribution >= 0.6 is 0 Å². The summed E-state index contributed by atoms with van der Waals surface area (Å²) in [6.45, 7) is 2.81. The molecule has 1 aliphatic rings. The summed E-state index contributed by atoms with van der Waals surface area (Å²) >= 11 is 0. The van der Waals surface area contributed by atoms with Crippen molar-refractivity contribution in [1.82, 2.24) is 10.1 Å². The van der Waals surface area contributed by atoms with Crippen LogP contribution in [0.2, 0.25) is 0 Å². The number of aromatic nitrogens is 1. The van der Waals surface area contributed by atoms with Crippen LogP contribution in [0.25, 0.3) is 0 Å². The van der Waals surface area contributed by atoms with Gasteiger partial charge in [-0.15, -0.1) is 0 Å². The third-order valence-corrected chi connectivity index (χ3v) is 4.10. The van der Waals surface area contributed by atoms with Crippen molar-refractivity contribution >= 4 is 17.7 Å². The number of carbonyl (C=O) groups excluding carboxylic acids is 2. The van der Waals surface area contributed by atoms with Crippen LogP contribution in [-0.2, 0) is 20.9 Å². The molecule has 0 spiro atoms. The van der Waals surface area contributed by atoms with E-state index in [0.29, 0.717) is 24.5 Å². The second-order valence-corrected chi connectivity index (χ2v) is 6.09. The standard InChI is InChI=1S/C18H21N3O4/c1-13-10-16(20-25-13)19-17(22)11-21-9-5-8-15(21)18(23)24-12-14-6-3-2-4-7-14/h2-4,6-7,10,15H,5,8-9,11-12H2,1H3,(H,19,20,22)/t15-/m0/s1. The molecule has 2 aromatic rings. The van der Waals surface area contributed by atoms with Crippen molar-refractivity contribution in [3.05, 3.63) is 47.7 Å². The molecule has 3 rings (SSSR count). The molecule has 0 radical (unpaired) electrons. The molecule has 0 unspecified atom stereocenters. The smallest absolute Gasteiger partial charge is 0.323 e. The van der Waals surface area contributed by atoms with Gasteiger partial charge in [0.25, 0.3) is 0 Å². The quantitative estimate of drug-likeness (QED) is 0.809. The van der Waals surface area contributed by atoms with Crippen LogP contribution in [0.5, 0.6) is 0 Å². The number of anilines is 1. The van der Waals surface area contributed by atoms with Gasteiger partial charge in [-0.1, -0.05) is 35.5 Å². The number of nitrogens with zero attached hydrogens (tertiary/aromatic N) is 2. The topological polar surface area (TPSA) is 84.7 Å². The van der Waals surface area contributed by atoms with Gasteiger partial charge >= 0.3 is 5.97 Å². The summed E-state index contributed by atoms with van der Waals surface area (Å²) in [6.07, 6.45) is 1.56. The van der Waals surface area contributed by atoms with Crippen molar-refractivity contribution < 1.29 is 18.8 Å². The van der Waals surface area contributed by atoms with E-state index in [4.69, 9.17) is 9.26 Å². The number of nitrogens with one attached hydrogen (secondary N) is 1. The Hall–Kier alpha value is -2.67. The van der Waals surface area contributed by atoms with Crippen LogP contribution in [0.4, 0.5) is 5.82 Å². The number of carbonyl (C=O) groups is 2. The molecule has 0 bridgehead atoms. The summed E-state index contributed by atoms with van der Waals surface area (Å²) in [7, 11) is 0. The third-order valence-electron chi connectivity index (χ3n) is 4.10. The predicted molar refractivity (Wildman–Crippen MR) is 90.7 cm³/mol. The van der Waals surface area contributed by atoms with Gasteiger partial charge in [-0.05, 0) is 31.9 Å². The van der Waals surface area contributed by atoms with Crippen LogP contribution in [0.15, 0.2) is 40.9 Å². The van der Waals surface area contributed by atoms with Gasteiger partial charge in [0.1, 0.15) is 18.4 Å². The second kappa shape index (κ2) is 7.94. The molecule has 132 valence electrons. The Balaban J connectivity index is 1.51. The number of esters is 1. The first-order valence-electron chi connectivity index (χ1n) is 8.29. The van der Waals surface area contributed by atoms with Gasteiger partial charge in [-0.25, -0.2) is 0 Å². The molecule has 1 saturated heterocycles. The number of hydrogen-bond acceptors (Lipinski definition) is 6. The molecular weight excluding hydrogens is 322 g/mol. The molecule has 1 aromatic heterocycles. The summed E-state index contributed by atoms with van der Waals surface area (Å²) in [5, 5.41) is 6.40. The molecule has 0 aliphatic carbocycles. The highest BCUT2D eigenvalue weighted by molar-refractivity contribution is 5.91. The van der Waals surface area contributed by atoms with E-state index in [2.05, 4.69) is 10.5 Å². The number of benzene rings is 1. The van der Waals surface area contributed by atoms with E-state index in [1.807, 2.05) is 35.2 Å². The summed E-state index contributed by atoms with van der Waals surface area (Å²) in [4.78, 5) is 26.3. The Bertz CT molecular complexity index is 729. The maximum atomic E-state index is 12.3. The Morgan fingerprint density at radius 1 is 1.36 bits per heavy atom. The molecule has 0 saturated carbocycles. The fourth-order valence-electron chi connectivity index (χ4n) is 2.90. The molecular formula is C18H21N3O4. The van der Waals surface area contributed by atoms with E-state index in [1.165, 1.54) is 0 Å². The molecule has 7 heteroatoms. The van der Waals surface area contributed by atoms with Gasteiger partial charge in [-0.3, -0.25) is 14.5 Å². The normalized spacial score (nSPS) is 17.4. The Morgan fingerprint density at radius 3 is 2.88 bits per heavy atom. The molecule has 1 N–H and O–H groups in total. The van der Waals surface area contributed by atoms with Gasteiger partial charge in [0.15, 0.2) is 5.82 Å². The van der Waals surface area contributed by atoms with Gasteiger partial charge in [0.2, 0.25) is 5.91 Å². The SMILES string of the molecule is Cc1cc(NC(=O)CN2CCC[C@H]2C(=O)OCc2ccccc2)no1. The first-order chi connectivity index (χ1) is 12.1. The molecule has 7 nitrogen and oxygen atoms in total. The fourth-order valence-corrected chi connectivity index (χ4v) is 2.90. The number of amides is 1. The first kappa shape index (κ1) is 17.2. The van der Waals surface area contributed by atoms with Crippen molar-refractivity contribution in [1.29, 1.82) is 0 Å². The van der Waals surface area contributed by atoms with Crippen LogP contribution in [-0.4, -0.2) is 41.1 Å². The van der Waals surface area contributed by atoms with E-state index in [1.54, 1.807) is 13.0 Å². The van der Waals surface area contributed by atoms with E-state index in [0.717, 1.165) is 12.0 Å². The van der Waals surface area contributed by atoms with E-state index in [9.17, 15) is 9.59 Å². The zero-order valence-electron chi connectivity index (χ0n) is 14.1. The highest BCUT2D eigenvalue weighted by atomic mass is 16.5. The van der Waals surface area contributed by atoms with E-state index in [-0.39, 0.29) is 31.1 Å². The zero-order valence-corrected chi connectivity index (χ0v) is 14.1. The lowest BCUT2D eigenvalue weighted by Crippen LogP contribution is -2.41. The van der Waals surface area contributed by atoms with Gasteiger partial charge in [-0.2, -0.15) is 0 Å². The van der Waals surface area contributed by atoms with Crippen molar-refractivity contribution in [3.63, 3.8) is 0 Å². The molecule has 1 aromatic carbocycles. The lowest BCUT2D eigenvalue weighted by atomic mass is 10.2. The number of ether oxygens (including phenoxy) is 1. The maximum Gasteiger partial charge on any atom is 0.323 e. The van der Waals surface area contributed by atoms with E-state index >= 15 is 0 Å². The maximum absolute atomic E-state index is 12.3. The van der Waals surface area contributed by atoms with Crippen molar-refractivity contribution in [2.24, 2.45) is 0 Å². The molecule has 1 amide bonds. The summed E-state index contributed by atoms with van der Waals surface area (Å²) in [6, 6.07) is 10.8.